The van der Waals surface area contributed by atoms with Crippen LogP contribution >= 0.6 is 11.3 Å². The number of rotatable bonds is 3. The molecule has 3 nitrogen and oxygen atoms in total. The molecule has 3 N–H and O–H groups in total. The summed E-state index contributed by atoms with van der Waals surface area (Å²) in [4.78, 5) is 14.1. The second kappa shape index (κ2) is 3.94. The highest BCUT2D eigenvalue weighted by molar-refractivity contribution is 7.11. The van der Waals surface area contributed by atoms with E-state index >= 15 is 0 Å². The molecular formula is C11H16N2OS. The van der Waals surface area contributed by atoms with Crippen LogP contribution in [0.25, 0.3) is 0 Å². The molecule has 82 valence electrons. The lowest BCUT2D eigenvalue weighted by Gasteiger charge is -2.36. The minimum atomic E-state index is -0.577. The van der Waals surface area contributed by atoms with Gasteiger partial charge in [0.05, 0.1) is 12.1 Å². The van der Waals surface area contributed by atoms with Crippen molar-refractivity contribution in [1.29, 1.82) is 0 Å². The number of nitrogens with two attached hydrogens (primary N) is 1. The van der Waals surface area contributed by atoms with Crippen molar-refractivity contribution in [3.63, 3.8) is 0 Å². The fourth-order valence-corrected chi connectivity index (χ4v) is 2.54. The van der Waals surface area contributed by atoms with E-state index in [1.165, 1.54) is 9.75 Å². The topological polar surface area (TPSA) is 55.1 Å². The van der Waals surface area contributed by atoms with Gasteiger partial charge in [-0.2, -0.15) is 0 Å². The van der Waals surface area contributed by atoms with Gasteiger partial charge >= 0.3 is 0 Å². The van der Waals surface area contributed by atoms with E-state index in [9.17, 15) is 4.79 Å². The molecular weight excluding hydrogens is 208 g/mol. The van der Waals surface area contributed by atoms with E-state index in [1.54, 1.807) is 11.3 Å². The van der Waals surface area contributed by atoms with Crippen LogP contribution in [0.5, 0.6) is 0 Å². The van der Waals surface area contributed by atoms with Gasteiger partial charge in [-0.05, 0) is 38.3 Å². The Morgan fingerprint density at radius 1 is 1.60 bits per heavy atom. The SMILES string of the molecule is Cc1ccc(CNC(=O)C2(N)CCC2)s1. The van der Waals surface area contributed by atoms with Crippen molar-refractivity contribution in [3.05, 3.63) is 21.9 Å². The maximum Gasteiger partial charge on any atom is 0.240 e. The van der Waals surface area contributed by atoms with Gasteiger partial charge in [0.2, 0.25) is 5.91 Å². The van der Waals surface area contributed by atoms with Gasteiger partial charge in [-0.25, -0.2) is 0 Å². The van der Waals surface area contributed by atoms with Crippen LogP contribution < -0.4 is 11.1 Å². The highest BCUT2D eigenvalue weighted by Gasteiger charge is 2.39. The van der Waals surface area contributed by atoms with Crippen LogP contribution in [0.2, 0.25) is 0 Å². The van der Waals surface area contributed by atoms with Crippen molar-refractivity contribution in [2.45, 2.75) is 38.3 Å². The van der Waals surface area contributed by atoms with Crippen LogP contribution in [0.15, 0.2) is 12.1 Å². The highest BCUT2D eigenvalue weighted by Crippen LogP contribution is 2.29. The molecule has 1 amide bonds. The molecule has 0 unspecified atom stereocenters. The molecule has 1 fully saturated rings. The highest BCUT2D eigenvalue weighted by atomic mass is 32.1. The van der Waals surface area contributed by atoms with Crippen LogP contribution in [-0.2, 0) is 11.3 Å². The molecule has 0 spiro atoms. The average molecular weight is 224 g/mol. The Labute approximate surface area is 93.7 Å². The minimum Gasteiger partial charge on any atom is -0.350 e. The number of carbonyl (C=O) groups excluding carboxylic acids is 1. The summed E-state index contributed by atoms with van der Waals surface area (Å²) in [6.07, 6.45) is 2.71. The zero-order valence-electron chi connectivity index (χ0n) is 8.88. The fraction of sp³-hybridized carbons (Fsp3) is 0.545. The van der Waals surface area contributed by atoms with Gasteiger partial charge in [-0.1, -0.05) is 0 Å². The van der Waals surface area contributed by atoms with Crippen molar-refractivity contribution in [2.24, 2.45) is 5.73 Å². The third-order valence-electron chi connectivity index (χ3n) is 2.92. The van der Waals surface area contributed by atoms with E-state index in [0.29, 0.717) is 6.54 Å². The summed E-state index contributed by atoms with van der Waals surface area (Å²) >= 11 is 1.71. The van der Waals surface area contributed by atoms with Crippen molar-refractivity contribution >= 4 is 17.2 Å². The Hall–Kier alpha value is -0.870. The average Bonchev–Trinajstić information content (AvgIpc) is 2.57. The number of thiophene rings is 1. The third kappa shape index (κ3) is 2.21. The van der Waals surface area contributed by atoms with Crippen molar-refractivity contribution in [3.8, 4) is 0 Å². The second-order valence-electron chi connectivity index (χ2n) is 4.20. The lowest BCUT2D eigenvalue weighted by Crippen LogP contribution is -2.58. The molecule has 2 rings (SSSR count). The van der Waals surface area contributed by atoms with E-state index in [4.69, 9.17) is 5.73 Å². The smallest absolute Gasteiger partial charge is 0.240 e. The normalized spacial score (nSPS) is 18.3. The van der Waals surface area contributed by atoms with Crippen molar-refractivity contribution in [1.82, 2.24) is 5.32 Å². The minimum absolute atomic E-state index is 0.000182. The lowest BCUT2D eigenvalue weighted by molar-refractivity contribution is -0.129. The largest absolute Gasteiger partial charge is 0.350 e. The van der Waals surface area contributed by atoms with Gasteiger partial charge in [0.15, 0.2) is 0 Å². The van der Waals surface area contributed by atoms with Gasteiger partial charge in [-0.3, -0.25) is 4.79 Å². The summed E-state index contributed by atoms with van der Waals surface area (Å²) < 4.78 is 0. The molecule has 1 saturated carbocycles. The first kappa shape index (κ1) is 10.6. The molecule has 0 aromatic carbocycles. The monoisotopic (exact) mass is 224 g/mol. The first-order valence-electron chi connectivity index (χ1n) is 5.23. The van der Waals surface area contributed by atoms with Gasteiger partial charge < -0.3 is 11.1 Å². The van der Waals surface area contributed by atoms with Gasteiger partial charge in [0.1, 0.15) is 0 Å². The zero-order chi connectivity index (χ0) is 10.9. The zero-order valence-corrected chi connectivity index (χ0v) is 9.69. The number of amides is 1. The van der Waals surface area contributed by atoms with Crippen LogP contribution in [0.3, 0.4) is 0 Å². The van der Waals surface area contributed by atoms with Crippen molar-refractivity contribution in [2.75, 3.05) is 0 Å². The van der Waals surface area contributed by atoms with E-state index in [1.807, 2.05) is 6.07 Å². The maximum atomic E-state index is 11.7. The molecule has 0 aliphatic heterocycles. The number of carbonyl (C=O) groups is 1. The summed E-state index contributed by atoms with van der Waals surface area (Å²) in [5.41, 5.74) is 5.33. The lowest BCUT2D eigenvalue weighted by atomic mass is 9.77. The molecule has 0 saturated heterocycles. The molecule has 1 aliphatic rings. The summed E-state index contributed by atoms with van der Waals surface area (Å²) in [6, 6.07) is 4.11. The van der Waals surface area contributed by atoms with Crippen LogP contribution in [-0.4, -0.2) is 11.4 Å². The Bertz CT molecular complexity index is 368. The molecule has 1 aromatic heterocycles. The van der Waals surface area contributed by atoms with E-state index in [-0.39, 0.29) is 5.91 Å². The Morgan fingerprint density at radius 2 is 2.33 bits per heavy atom. The van der Waals surface area contributed by atoms with E-state index in [2.05, 4.69) is 18.3 Å². The number of nitrogens with one attached hydrogen (secondary N) is 1. The Kier molecular flexibility index (Phi) is 2.80. The summed E-state index contributed by atoms with van der Waals surface area (Å²) in [6.45, 7) is 2.67. The van der Waals surface area contributed by atoms with E-state index < -0.39 is 5.54 Å². The molecule has 4 heteroatoms. The molecule has 0 bridgehead atoms. The van der Waals surface area contributed by atoms with Crippen LogP contribution in [0.4, 0.5) is 0 Å². The third-order valence-corrected chi connectivity index (χ3v) is 3.92. The summed E-state index contributed by atoms with van der Waals surface area (Å²) in [7, 11) is 0. The van der Waals surface area contributed by atoms with Crippen LogP contribution in [0.1, 0.15) is 29.0 Å². The van der Waals surface area contributed by atoms with Crippen molar-refractivity contribution < 1.29 is 4.79 Å². The first-order valence-corrected chi connectivity index (χ1v) is 6.04. The molecule has 1 aliphatic carbocycles. The van der Waals surface area contributed by atoms with Gasteiger partial charge in [-0.15, -0.1) is 11.3 Å². The molecule has 15 heavy (non-hydrogen) atoms. The van der Waals surface area contributed by atoms with Crippen LogP contribution in [0, 0.1) is 6.92 Å². The predicted octanol–water partition coefficient (Wildman–Crippen LogP) is 1.55. The standard InChI is InChI=1S/C11H16N2OS/c1-8-3-4-9(15-8)7-13-10(14)11(12)5-2-6-11/h3-4H,2,5-7,12H2,1H3,(H,13,14). The number of hydrogen-bond acceptors (Lipinski definition) is 3. The first-order chi connectivity index (χ1) is 7.10. The number of aryl methyl sites for hydroxylation is 1. The summed E-state index contributed by atoms with van der Waals surface area (Å²) in [5.74, 6) is -0.000182. The Balaban J connectivity index is 1.85. The van der Waals surface area contributed by atoms with Gasteiger partial charge in [0.25, 0.3) is 0 Å². The Morgan fingerprint density at radius 3 is 2.80 bits per heavy atom. The molecule has 1 heterocycles. The predicted molar refractivity (Wildman–Crippen MR) is 61.7 cm³/mol. The molecule has 1 aromatic rings. The summed E-state index contributed by atoms with van der Waals surface area (Å²) in [5, 5.41) is 2.90. The van der Waals surface area contributed by atoms with Gasteiger partial charge in [0, 0.05) is 9.75 Å². The molecule has 0 atom stereocenters. The quantitative estimate of drug-likeness (QED) is 0.818. The second-order valence-corrected chi connectivity index (χ2v) is 5.58. The fourth-order valence-electron chi connectivity index (χ4n) is 1.71. The van der Waals surface area contributed by atoms with E-state index in [0.717, 1.165) is 19.3 Å². The molecule has 0 radical (unpaired) electrons. The number of hydrogen-bond donors (Lipinski definition) is 2. The maximum absolute atomic E-state index is 11.7.